The minimum atomic E-state index is -4.40. The second-order valence-corrected chi connectivity index (χ2v) is 7.25. The lowest BCUT2D eigenvalue weighted by atomic mass is 9.76. The number of hydrogen-bond acceptors (Lipinski definition) is 3. The third-order valence-corrected chi connectivity index (χ3v) is 5.50. The number of pyridine rings is 1. The monoisotopic (exact) mass is 411 g/mol. The number of carbonyl (C=O) groups is 1. The van der Waals surface area contributed by atoms with Gasteiger partial charge in [0.05, 0.1) is 20.6 Å². The number of carbonyl (C=O) groups excluding carboxylic acids is 1. The van der Waals surface area contributed by atoms with E-state index in [0.29, 0.717) is 31.0 Å². The molecule has 2 saturated heterocycles. The van der Waals surface area contributed by atoms with Crippen LogP contribution in [0.4, 0.5) is 18.9 Å². The van der Waals surface area contributed by atoms with E-state index in [4.69, 9.17) is 11.6 Å². The Labute approximate surface area is 144 Å². The summed E-state index contributed by atoms with van der Waals surface area (Å²) in [4.78, 5) is 18.1. The lowest BCUT2D eigenvalue weighted by Crippen LogP contribution is -2.44. The Morgan fingerprint density at radius 1 is 1.35 bits per heavy atom. The number of alkyl halides is 3. The molecule has 3 rings (SSSR count). The molecule has 4 nitrogen and oxygen atoms in total. The highest BCUT2D eigenvalue weighted by molar-refractivity contribution is 9.10. The number of aromatic nitrogens is 1. The van der Waals surface area contributed by atoms with Crippen LogP contribution in [-0.4, -0.2) is 36.2 Å². The van der Waals surface area contributed by atoms with Gasteiger partial charge in [-0.05, 0) is 35.2 Å². The summed E-state index contributed by atoms with van der Waals surface area (Å²) in [6.45, 7) is 0.945. The SMILES string of the molecule is O=C1N[C@H](C(F)(F)F)CC12CCN(c1c(Cl)cncc1Br)CC2. The Bertz CT molecular complexity index is 612. The number of halogens is 5. The van der Waals surface area contributed by atoms with Gasteiger partial charge in [-0.1, -0.05) is 11.6 Å². The van der Waals surface area contributed by atoms with E-state index < -0.39 is 23.5 Å². The average molecular weight is 413 g/mol. The Morgan fingerprint density at radius 2 is 2.00 bits per heavy atom. The molecule has 126 valence electrons. The third-order valence-electron chi connectivity index (χ3n) is 4.64. The molecule has 1 aromatic heterocycles. The van der Waals surface area contributed by atoms with Crippen molar-refractivity contribution < 1.29 is 18.0 Å². The van der Waals surface area contributed by atoms with Crippen LogP contribution in [0.1, 0.15) is 19.3 Å². The molecule has 0 aliphatic carbocycles. The van der Waals surface area contributed by atoms with Crippen molar-refractivity contribution in [3.05, 3.63) is 21.9 Å². The second-order valence-electron chi connectivity index (χ2n) is 5.99. The van der Waals surface area contributed by atoms with Crippen molar-refractivity contribution in [1.29, 1.82) is 0 Å². The van der Waals surface area contributed by atoms with Crippen LogP contribution in [-0.2, 0) is 4.79 Å². The van der Waals surface area contributed by atoms with Gasteiger partial charge in [0.15, 0.2) is 0 Å². The Morgan fingerprint density at radius 3 is 2.52 bits per heavy atom. The van der Waals surface area contributed by atoms with Crippen LogP contribution < -0.4 is 10.2 Å². The van der Waals surface area contributed by atoms with Crippen molar-refractivity contribution in [2.45, 2.75) is 31.5 Å². The van der Waals surface area contributed by atoms with Gasteiger partial charge in [0.1, 0.15) is 6.04 Å². The normalized spacial score (nSPS) is 24.1. The molecule has 1 spiro atoms. The first-order valence-electron chi connectivity index (χ1n) is 7.15. The van der Waals surface area contributed by atoms with Gasteiger partial charge in [0, 0.05) is 25.5 Å². The molecule has 0 radical (unpaired) electrons. The van der Waals surface area contributed by atoms with Gasteiger partial charge in [0.2, 0.25) is 5.91 Å². The molecule has 2 aliphatic heterocycles. The van der Waals surface area contributed by atoms with Gasteiger partial charge in [0.25, 0.3) is 0 Å². The highest BCUT2D eigenvalue weighted by atomic mass is 79.9. The third kappa shape index (κ3) is 3.03. The van der Waals surface area contributed by atoms with Crippen molar-refractivity contribution in [1.82, 2.24) is 10.3 Å². The predicted octanol–water partition coefficient (Wildman–Crippen LogP) is 3.53. The number of amides is 1. The van der Waals surface area contributed by atoms with Gasteiger partial charge < -0.3 is 10.2 Å². The van der Waals surface area contributed by atoms with E-state index in [-0.39, 0.29) is 6.42 Å². The summed E-state index contributed by atoms with van der Waals surface area (Å²) in [5.41, 5.74) is -0.162. The molecule has 3 heterocycles. The van der Waals surface area contributed by atoms with Gasteiger partial charge in [-0.15, -0.1) is 0 Å². The molecular weight excluding hydrogens is 399 g/mol. The largest absolute Gasteiger partial charge is 0.408 e. The summed E-state index contributed by atoms with van der Waals surface area (Å²) in [6.07, 6.45) is -0.698. The summed E-state index contributed by atoms with van der Waals surface area (Å²) >= 11 is 9.55. The van der Waals surface area contributed by atoms with Crippen LogP contribution >= 0.6 is 27.5 Å². The first-order chi connectivity index (χ1) is 10.7. The molecule has 9 heteroatoms. The van der Waals surface area contributed by atoms with E-state index in [1.165, 1.54) is 6.20 Å². The van der Waals surface area contributed by atoms with E-state index in [2.05, 4.69) is 26.2 Å². The molecule has 1 amide bonds. The van der Waals surface area contributed by atoms with Gasteiger partial charge in [-0.25, -0.2) is 0 Å². The number of rotatable bonds is 1. The van der Waals surface area contributed by atoms with Crippen LogP contribution in [0, 0.1) is 5.41 Å². The number of piperidine rings is 1. The fourth-order valence-electron chi connectivity index (χ4n) is 3.34. The average Bonchev–Trinajstić information content (AvgIpc) is 2.78. The summed E-state index contributed by atoms with van der Waals surface area (Å²) in [5, 5.41) is 2.58. The zero-order valence-electron chi connectivity index (χ0n) is 12.0. The number of anilines is 1. The Balaban J connectivity index is 1.75. The van der Waals surface area contributed by atoms with Crippen LogP contribution in [0.3, 0.4) is 0 Å². The number of hydrogen-bond donors (Lipinski definition) is 1. The molecule has 2 fully saturated rings. The van der Waals surface area contributed by atoms with Crippen molar-refractivity contribution in [2.75, 3.05) is 18.0 Å². The van der Waals surface area contributed by atoms with Crippen LogP contribution in [0.5, 0.6) is 0 Å². The van der Waals surface area contributed by atoms with E-state index >= 15 is 0 Å². The van der Waals surface area contributed by atoms with Crippen molar-refractivity contribution in [3.8, 4) is 0 Å². The molecule has 1 atom stereocenters. The standard InChI is InChI=1S/C14H14BrClF3N3O/c15-8-6-20-7-9(16)11(8)22-3-1-13(2-4-22)5-10(14(17,18)19)21-12(13)23/h6-7,10H,1-5H2,(H,21,23)/t10-/m0/s1. The number of nitrogens with one attached hydrogen (secondary N) is 1. The molecule has 0 bridgehead atoms. The van der Waals surface area contributed by atoms with Gasteiger partial charge >= 0.3 is 6.18 Å². The van der Waals surface area contributed by atoms with Crippen LogP contribution in [0.2, 0.25) is 5.02 Å². The molecule has 0 saturated carbocycles. The van der Waals surface area contributed by atoms with E-state index in [1.54, 1.807) is 6.20 Å². The highest BCUT2D eigenvalue weighted by Crippen LogP contribution is 2.46. The topological polar surface area (TPSA) is 45.2 Å². The summed E-state index contributed by atoms with van der Waals surface area (Å²) in [5.74, 6) is -0.487. The maximum atomic E-state index is 12.9. The molecule has 1 N–H and O–H groups in total. The predicted molar refractivity (Wildman–Crippen MR) is 83.4 cm³/mol. The molecular formula is C14H14BrClF3N3O. The van der Waals surface area contributed by atoms with E-state index in [9.17, 15) is 18.0 Å². The Hall–Kier alpha value is -1.02. The first-order valence-corrected chi connectivity index (χ1v) is 8.32. The van der Waals surface area contributed by atoms with Crippen molar-refractivity contribution in [2.24, 2.45) is 5.41 Å². The van der Waals surface area contributed by atoms with E-state index in [1.807, 2.05) is 4.90 Å². The molecule has 1 aromatic rings. The zero-order chi connectivity index (χ0) is 16.8. The smallest absolute Gasteiger partial charge is 0.369 e. The Kier molecular flexibility index (Phi) is 4.25. The molecule has 2 aliphatic rings. The first kappa shape index (κ1) is 16.8. The molecule has 0 aromatic carbocycles. The van der Waals surface area contributed by atoms with Crippen molar-refractivity contribution in [3.63, 3.8) is 0 Å². The van der Waals surface area contributed by atoms with Gasteiger partial charge in [-0.2, -0.15) is 13.2 Å². The zero-order valence-corrected chi connectivity index (χ0v) is 14.3. The highest BCUT2D eigenvalue weighted by Gasteiger charge is 2.56. The maximum Gasteiger partial charge on any atom is 0.408 e. The van der Waals surface area contributed by atoms with Crippen molar-refractivity contribution >= 4 is 39.1 Å². The van der Waals surface area contributed by atoms with E-state index in [0.717, 1.165) is 10.2 Å². The second kappa shape index (κ2) is 5.81. The van der Waals surface area contributed by atoms with Crippen LogP contribution in [0.15, 0.2) is 16.9 Å². The summed E-state index contributed by atoms with van der Waals surface area (Å²) in [7, 11) is 0. The maximum absolute atomic E-state index is 12.9. The molecule has 0 unspecified atom stereocenters. The lowest BCUT2D eigenvalue weighted by Gasteiger charge is -2.39. The lowest BCUT2D eigenvalue weighted by molar-refractivity contribution is -0.155. The summed E-state index contributed by atoms with van der Waals surface area (Å²) in [6, 6.07) is -1.74. The van der Waals surface area contributed by atoms with Crippen LogP contribution in [0.25, 0.3) is 0 Å². The fraction of sp³-hybridized carbons (Fsp3) is 0.571. The summed E-state index contributed by atoms with van der Waals surface area (Å²) < 4.78 is 39.3. The number of nitrogens with zero attached hydrogens (tertiary/aromatic N) is 2. The molecule has 23 heavy (non-hydrogen) atoms. The quantitative estimate of drug-likeness (QED) is 0.767. The fourth-order valence-corrected chi connectivity index (χ4v) is 4.31. The minimum absolute atomic E-state index is 0.186. The van der Waals surface area contributed by atoms with Gasteiger partial charge in [-0.3, -0.25) is 9.78 Å². The minimum Gasteiger partial charge on any atom is -0.369 e.